The minimum Gasteiger partial charge on any atom is -0.394 e. The van der Waals surface area contributed by atoms with Gasteiger partial charge in [0.15, 0.2) is 17.0 Å². The maximum absolute atomic E-state index is 9.34. The van der Waals surface area contributed by atoms with Gasteiger partial charge in [0.1, 0.15) is 0 Å². The lowest BCUT2D eigenvalue weighted by Crippen LogP contribution is -2.21. The van der Waals surface area contributed by atoms with Crippen molar-refractivity contribution in [1.29, 1.82) is 0 Å². The van der Waals surface area contributed by atoms with E-state index in [1.54, 1.807) is 6.33 Å². The highest BCUT2D eigenvalue weighted by Gasteiger charge is 2.16. The van der Waals surface area contributed by atoms with Crippen LogP contribution in [0, 0.1) is 13.8 Å². The Labute approximate surface area is 163 Å². The van der Waals surface area contributed by atoms with Crippen LogP contribution in [0.1, 0.15) is 37.9 Å². The van der Waals surface area contributed by atoms with Gasteiger partial charge in [-0.25, -0.2) is 4.98 Å². The molecule has 2 heterocycles. The Morgan fingerprint density at radius 1 is 1.19 bits per heavy atom. The van der Waals surface area contributed by atoms with E-state index in [4.69, 9.17) is 11.6 Å². The van der Waals surface area contributed by atoms with Gasteiger partial charge in [-0.05, 0) is 57.9 Å². The average Bonchev–Trinajstić information content (AvgIpc) is 3.04. The topological polar surface area (TPSA) is 87.9 Å². The van der Waals surface area contributed by atoms with Gasteiger partial charge >= 0.3 is 0 Å². The first-order valence-corrected chi connectivity index (χ1v) is 9.33. The molecule has 3 N–H and O–H groups in total. The van der Waals surface area contributed by atoms with Gasteiger partial charge in [0, 0.05) is 22.8 Å². The molecule has 0 saturated heterocycles. The van der Waals surface area contributed by atoms with Gasteiger partial charge in [0.2, 0.25) is 5.95 Å². The molecule has 1 unspecified atom stereocenters. The molecule has 0 fully saturated rings. The highest BCUT2D eigenvalue weighted by molar-refractivity contribution is 6.31. The second kappa shape index (κ2) is 7.70. The lowest BCUT2D eigenvalue weighted by atomic mass is 10.1. The fourth-order valence-electron chi connectivity index (χ4n) is 2.74. The number of nitrogens with one attached hydrogen (secondary N) is 2. The van der Waals surface area contributed by atoms with Crippen LogP contribution in [0.15, 0.2) is 18.5 Å². The molecule has 3 rings (SSSR count). The van der Waals surface area contributed by atoms with E-state index in [0.717, 1.165) is 22.5 Å². The standard InChI is InChI=1S/C19H25ClN6O/c1-10(2)26-9-21-16-17(23-14-6-11(3)13(5)15(20)7-14)24-19(25-18(16)26)22-12(4)8-27/h6-7,9-10,12,27H,8H2,1-5H3,(H2,22,23,24,25). The lowest BCUT2D eigenvalue weighted by Gasteiger charge is -2.15. The summed E-state index contributed by atoms with van der Waals surface area (Å²) in [7, 11) is 0. The number of rotatable bonds is 6. The molecule has 1 aromatic carbocycles. The van der Waals surface area contributed by atoms with Crippen molar-refractivity contribution in [1.82, 2.24) is 19.5 Å². The molecule has 0 bridgehead atoms. The summed E-state index contributed by atoms with van der Waals surface area (Å²) in [5, 5.41) is 16.5. The normalized spacial score (nSPS) is 12.6. The summed E-state index contributed by atoms with van der Waals surface area (Å²) < 4.78 is 1.99. The third-order valence-electron chi connectivity index (χ3n) is 4.49. The third kappa shape index (κ3) is 3.99. The van der Waals surface area contributed by atoms with Crippen molar-refractivity contribution in [3.05, 3.63) is 34.6 Å². The van der Waals surface area contributed by atoms with Gasteiger partial charge in [0.25, 0.3) is 0 Å². The van der Waals surface area contributed by atoms with E-state index >= 15 is 0 Å². The molecule has 7 nitrogen and oxygen atoms in total. The number of hydrogen-bond acceptors (Lipinski definition) is 6. The van der Waals surface area contributed by atoms with Crippen LogP contribution < -0.4 is 10.6 Å². The molecule has 0 aliphatic carbocycles. The molecule has 0 aliphatic rings. The van der Waals surface area contributed by atoms with Gasteiger partial charge in [0.05, 0.1) is 12.9 Å². The van der Waals surface area contributed by atoms with Crippen molar-refractivity contribution < 1.29 is 5.11 Å². The SMILES string of the molecule is Cc1cc(Nc2nc(NC(C)CO)nc3c2ncn3C(C)C)cc(Cl)c1C. The number of aromatic nitrogens is 4. The zero-order chi connectivity index (χ0) is 19.7. The van der Waals surface area contributed by atoms with Crippen molar-refractivity contribution in [2.45, 2.75) is 46.7 Å². The molecule has 0 amide bonds. The van der Waals surface area contributed by atoms with Crippen LogP contribution in [-0.4, -0.2) is 37.3 Å². The van der Waals surface area contributed by atoms with Gasteiger partial charge < -0.3 is 20.3 Å². The van der Waals surface area contributed by atoms with Gasteiger partial charge in [-0.15, -0.1) is 0 Å². The Hall–Kier alpha value is -2.38. The predicted molar refractivity (Wildman–Crippen MR) is 110 cm³/mol. The van der Waals surface area contributed by atoms with Crippen molar-refractivity contribution in [2.75, 3.05) is 17.2 Å². The number of hydrogen-bond donors (Lipinski definition) is 3. The van der Waals surface area contributed by atoms with Crippen molar-refractivity contribution in [3.8, 4) is 0 Å². The van der Waals surface area contributed by atoms with Crippen LogP contribution in [0.3, 0.4) is 0 Å². The van der Waals surface area contributed by atoms with E-state index in [0.29, 0.717) is 22.3 Å². The van der Waals surface area contributed by atoms with E-state index in [1.807, 2.05) is 37.5 Å². The lowest BCUT2D eigenvalue weighted by molar-refractivity contribution is 0.281. The summed E-state index contributed by atoms with van der Waals surface area (Å²) >= 11 is 6.34. The quantitative estimate of drug-likeness (QED) is 0.586. The van der Waals surface area contributed by atoms with E-state index in [9.17, 15) is 5.11 Å². The molecule has 0 radical (unpaired) electrons. The van der Waals surface area contributed by atoms with Crippen LogP contribution in [0.2, 0.25) is 5.02 Å². The Morgan fingerprint density at radius 3 is 2.56 bits per heavy atom. The highest BCUT2D eigenvalue weighted by Crippen LogP contribution is 2.29. The Balaban J connectivity index is 2.10. The van der Waals surface area contributed by atoms with Crippen molar-refractivity contribution >= 4 is 40.2 Å². The predicted octanol–water partition coefficient (Wildman–Crippen LogP) is 4.21. The van der Waals surface area contributed by atoms with Crippen molar-refractivity contribution in [2.24, 2.45) is 0 Å². The minimum absolute atomic E-state index is 0.0135. The maximum atomic E-state index is 9.34. The summed E-state index contributed by atoms with van der Waals surface area (Å²) in [6.45, 7) is 10.0. The zero-order valence-electron chi connectivity index (χ0n) is 16.2. The van der Waals surface area contributed by atoms with Gasteiger partial charge in [-0.3, -0.25) is 0 Å². The van der Waals surface area contributed by atoms with Crippen LogP contribution in [-0.2, 0) is 0 Å². The maximum Gasteiger partial charge on any atom is 0.227 e. The molecule has 0 aliphatic heterocycles. The van der Waals surface area contributed by atoms with Crippen LogP contribution >= 0.6 is 11.6 Å². The Morgan fingerprint density at radius 2 is 1.93 bits per heavy atom. The summed E-state index contributed by atoms with van der Waals surface area (Å²) in [5.74, 6) is 1.02. The molecule has 0 spiro atoms. The van der Waals surface area contributed by atoms with E-state index in [-0.39, 0.29) is 18.7 Å². The van der Waals surface area contributed by atoms with Gasteiger partial charge in [-0.2, -0.15) is 9.97 Å². The number of anilines is 3. The first-order valence-electron chi connectivity index (χ1n) is 8.96. The third-order valence-corrected chi connectivity index (χ3v) is 4.89. The summed E-state index contributed by atoms with van der Waals surface area (Å²) in [6.07, 6.45) is 1.77. The molecule has 8 heteroatoms. The number of nitrogens with zero attached hydrogens (tertiary/aromatic N) is 4. The van der Waals surface area contributed by atoms with Gasteiger partial charge in [-0.1, -0.05) is 11.6 Å². The minimum atomic E-state index is -0.165. The first kappa shape index (κ1) is 19.4. The molecule has 144 valence electrons. The highest BCUT2D eigenvalue weighted by atomic mass is 35.5. The average molecular weight is 389 g/mol. The number of aryl methyl sites for hydroxylation is 1. The van der Waals surface area contributed by atoms with E-state index < -0.39 is 0 Å². The molecule has 3 aromatic rings. The fraction of sp³-hybridized carbons (Fsp3) is 0.421. The molecule has 1 atom stereocenters. The fourth-order valence-corrected chi connectivity index (χ4v) is 3.00. The molecular formula is C19H25ClN6O. The van der Waals surface area contributed by atoms with E-state index in [1.165, 1.54) is 0 Å². The first-order chi connectivity index (χ1) is 12.8. The monoisotopic (exact) mass is 388 g/mol. The number of imidazole rings is 1. The summed E-state index contributed by atoms with van der Waals surface area (Å²) in [6, 6.07) is 3.94. The number of halogens is 1. The van der Waals surface area contributed by atoms with Crippen LogP contribution in [0.25, 0.3) is 11.2 Å². The number of benzene rings is 1. The zero-order valence-corrected chi connectivity index (χ0v) is 17.0. The molecular weight excluding hydrogens is 364 g/mol. The van der Waals surface area contributed by atoms with Crippen molar-refractivity contribution in [3.63, 3.8) is 0 Å². The molecule has 2 aromatic heterocycles. The second-order valence-corrected chi connectivity index (χ2v) is 7.47. The summed E-state index contributed by atoms with van der Waals surface area (Å²) in [5.41, 5.74) is 4.39. The van der Waals surface area contributed by atoms with Crippen LogP contribution in [0.5, 0.6) is 0 Å². The molecule has 27 heavy (non-hydrogen) atoms. The largest absolute Gasteiger partial charge is 0.394 e. The summed E-state index contributed by atoms with van der Waals surface area (Å²) in [4.78, 5) is 13.7. The number of aliphatic hydroxyl groups is 1. The number of aliphatic hydroxyl groups excluding tert-OH is 1. The second-order valence-electron chi connectivity index (χ2n) is 7.07. The Kier molecular flexibility index (Phi) is 5.53. The smallest absolute Gasteiger partial charge is 0.227 e. The van der Waals surface area contributed by atoms with E-state index in [2.05, 4.69) is 39.4 Å². The number of fused-ring (bicyclic) bond motifs is 1. The van der Waals surface area contributed by atoms with Crippen LogP contribution in [0.4, 0.5) is 17.5 Å². The molecule has 0 saturated carbocycles. The Bertz CT molecular complexity index is 945.